The minimum Gasteiger partial charge on any atom is -0.422 e. The number of nitrogens with one attached hydrogen (secondary N) is 1. The van der Waals surface area contributed by atoms with Crippen LogP contribution in [0.25, 0.3) is 11.0 Å². The third-order valence-electron chi connectivity index (χ3n) is 3.39. The molecule has 0 spiro atoms. The Kier molecular flexibility index (Phi) is 4.13. The van der Waals surface area contributed by atoms with E-state index < -0.39 is 27.2 Å². The predicted octanol–water partition coefficient (Wildman–Crippen LogP) is 2.53. The lowest BCUT2D eigenvalue weighted by Gasteiger charge is -2.05. The van der Waals surface area contributed by atoms with Crippen LogP contribution in [0.15, 0.2) is 57.7 Å². The molecular weight excluding hydrogens is 349 g/mol. The molecule has 0 saturated carbocycles. The maximum absolute atomic E-state index is 13.3. The summed E-state index contributed by atoms with van der Waals surface area (Å²) in [6.07, 6.45) is 1.01. The summed E-state index contributed by atoms with van der Waals surface area (Å²) in [6, 6.07) is 10.5. The fourth-order valence-corrected chi connectivity index (χ4v) is 2.88. The Hall–Kier alpha value is -3.00. The molecule has 2 aromatic carbocycles. The lowest BCUT2D eigenvalue weighted by atomic mass is 10.0. The van der Waals surface area contributed by atoms with E-state index >= 15 is 0 Å². The average Bonchev–Trinajstić information content (AvgIpc) is 2.53. The van der Waals surface area contributed by atoms with Crippen LogP contribution in [-0.4, -0.2) is 20.5 Å². The molecule has 3 rings (SSSR count). The lowest BCUT2D eigenvalue weighted by Crippen LogP contribution is -2.15. The van der Waals surface area contributed by atoms with Crippen LogP contribution >= 0.6 is 0 Å². The zero-order chi connectivity index (χ0) is 18.2. The van der Waals surface area contributed by atoms with Gasteiger partial charge in [0, 0.05) is 16.6 Å². The SMILES string of the molecule is CS(=O)(=O)Nc1ccc(C(=O)c2cc3cc(F)ccc3oc2=O)cc1. The van der Waals surface area contributed by atoms with Gasteiger partial charge in [-0.2, -0.15) is 0 Å². The predicted molar refractivity (Wildman–Crippen MR) is 90.8 cm³/mol. The van der Waals surface area contributed by atoms with Gasteiger partial charge < -0.3 is 4.42 Å². The van der Waals surface area contributed by atoms with E-state index in [1.54, 1.807) is 0 Å². The van der Waals surface area contributed by atoms with E-state index in [-0.39, 0.29) is 22.4 Å². The van der Waals surface area contributed by atoms with Crippen LogP contribution in [0, 0.1) is 5.82 Å². The third kappa shape index (κ3) is 3.74. The molecule has 25 heavy (non-hydrogen) atoms. The third-order valence-corrected chi connectivity index (χ3v) is 4.00. The Labute approximate surface area is 142 Å². The van der Waals surface area contributed by atoms with Gasteiger partial charge in [0.1, 0.15) is 17.0 Å². The molecule has 0 aliphatic carbocycles. The van der Waals surface area contributed by atoms with Crippen LogP contribution in [0.2, 0.25) is 0 Å². The highest BCUT2D eigenvalue weighted by Gasteiger charge is 2.16. The van der Waals surface area contributed by atoms with Crippen molar-refractivity contribution in [2.75, 3.05) is 11.0 Å². The van der Waals surface area contributed by atoms with E-state index in [2.05, 4.69) is 4.72 Å². The molecule has 0 bridgehead atoms. The lowest BCUT2D eigenvalue weighted by molar-refractivity contribution is 0.103. The Bertz CT molecular complexity index is 1130. The van der Waals surface area contributed by atoms with E-state index in [9.17, 15) is 22.4 Å². The molecule has 1 aromatic heterocycles. The van der Waals surface area contributed by atoms with E-state index in [0.29, 0.717) is 5.39 Å². The van der Waals surface area contributed by atoms with Crippen LogP contribution in [0.4, 0.5) is 10.1 Å². The molecule has 0 saturated heterocycles. The molecule has 1 heterocycles. The summed E-state index contributed by atoms with van der Waals surface area (Å²) in [4.78, 5) is 24.5. The Morgan fingerprint density at radius 2 is 1.76 bits per heavy atom. The smallest absolute Gasteiger partial charge is 0.347 e. The number of carbonyl (C=O) groups is 1. The van der Waals surface area contributed by atoms with Crippen molar-refractivity contribution in [1.82, 2.24) is 0 Å². The van der Waals surface area contributed by atoms with Crippen LogP contribution in [0.5, 0.6) is 0 Å². The summed E-state index contributed by atoms with van der Waals surface area (Å²) >= 11 is 0. The topological polar surface area (TPSA) is 93.4 Å². The first-order valence-corrected chi connectivity index (χ1v) is 8.98. The van der Waals surface area contributed by atoms with Gasteiger partial charge >= 0.3 is 5.63 Å². The van der Waals surface area contributed by atoms with E-state index in [1.165, 1.54) is 36.4 Å². The Balaban J connectivity index is 1.99. The van der Waals surface area contributed by atoms with E-state index in [0.717, 1.165) is 18.4 Å². The summed E-state index contributed by atoms with van der Waals surface area (Å²) < 4.78 is 43.0. The number of carbonyl (C=O) groups excluding carboxylic acids is 1. The van der Waals surface area contributed by atoms with Crippen LogP contribution in [-0.2, 0) is 10.0 Å². The second kappa shape index (κ2) is 6.14. The van der Waals surface area contributed by atoms with Gasteiger partial charge in [0.2, 0.25) is 10.0 Å². The molecule has 0 aliphatic rings. The molecule has 0 unspecified atom stereocenters. The van der Waals surface area contributed by atoms with Crippen molar-refractivity contribution in [1.29, 1.82) is 0 Å². The molecule has 3 aromatic rings. The Morgan fingerprint density at radius 3 is 2.40 bits per heavy atom. The minimum absolute atomic E-state index is 0.169. The highest BCUT2D eigenvalue weighted by Crippen LogP contribution is 2.18. The minimum atomic E-state index is -3.43. The molecule has 0 fully saturated rings. The summed E-state index contributed by atoms with van der Waals surface area (Å²) in [5, 5.41) is 0.290. The molecule has 0 amide bonds. The van der Waals surface area contributed by atoms with E-state index in [4.69, 9.17) is 4.42 Å². The number of hydrogen-bond acceptors (Lipinski definition) is 5. The van der Waals surface area contributed by atoms with Crippen molar-refractivity contribution >= 4 is 32.5 Å². The maximum Gasteiger partial charge on any atom is 0.347 e. The van der Waals surface area contributed by atoms with Crippen molar-refractivity contribution in [3.05, 3.63) is 75.9 Å². The summed E-state index contributed by atoms with van der Waals surface area (Å²) in [6.45, 7) is 0. The highest BCUT2D eigenvalue weighted by molar-refractivity contribution is 7.92. The summed E-state index contributed by atoms with van der Waals surface area (Å²) in [5.41, 5.74) is -0.436. The number of benzene rings is 2. The number of fused-ring (bicyclic) bond motifs is 1. The van der Waals surface area contributed by atoms with E-state index in [1.807, 2.05) is 0 Å². The van der Waals surface area contributed by atoms with Crippen molar-refractivity contribution in [3.8, 4) is 0 Å². The van der Waals surface area contributed by atoms with Crippen LogP contribution in [0.3, 0.4) is 0 Å². The molecule has 1 N–H and O–H groups in total. The summed E-state index contributed by atoms with van der Waals surface area (Å²) in [5.74, 6) is -1.12. The number of halogens is 1. The quantitative estimate of drug-likeness (QED) is 0.569. The number of sulfonamides is 1. The van der Waals surface area contributed by atoms with Crippen LogP contribution in [0.1, 0.15) is 15.9 Å². The summed E-state index contributed by atoms with van der Waals surface area (Å²) in [7, 11) is -3.43. The zero-order valence-corrected chi connectivity index (χ0v) is 13.8. The molecule has 0 aliphatic heterocycles. The van der Waals surface area contributed by atoms with Crippen LogP contribution < -0.4 is 10.3 Å². The number of hydrogen-bond donors (Lipinski definition) is 1. The first-order chi connectivity index (χ1) is 11.7. The van der Waals surface area contributed by atoms with Gasteiger partial charge in [0.15, 0.2) is 5.78 Å². The maximum atomic E-state index is 13.3. The van der Waals surface area contributed by atoms with Gasteiger partial charge in [-0.25, -0.2) is 17.6 Å². The number of rotatable bonds is 4. The largest absolute Gasteiger partial charge is 0.422 e. The average molecular weight is 361 g/mol. The first-order valence-electron chi connectivity index (χ1n) is 7.09. The second-order valence-corrected chi connectivity index (χ2v) is 7.16. The monoisotopic (exact) mass is 361 g/mol. The first kappa shape index (κ1) is 16.8. The zero-order valence-electron chi connectivity index (χ0n) is 12.9. The van der Waals surface area contributed by atoms with Gasteiger partial charge in [-0.05, 0) is 48.5 Å². The molecular formula is C17H12FNO5S. The van der Waals surface area contributed by atoms with Gasteiger partial charge in [0.25, 0.3) is 0 Å². The standard InChI is InChI=1S/C17H12FNO5S/c1-25(22,23)19-13-5-2-10(3-6-13)16(20)14-9-11-8-12(18)4-7-15(11)24-17(14)21/h2-9,19H,1H3. The van der Waals surface area contributed by atoms with Crippen molar-refractivity contribution < 1.29 is 22.0 Å². The normalized spacial score (nSPS) is 11.4. The van der Waals surface area contributed by atoms with Crippen molar-refractivity contribution in [2.24, 2.45) is 0 Å². The van der Waals surface area contributed by atoms with Gasteiger partial charge in [-0.15, -0.1) is 0 Å². The van der Waals surface area contributed by atoms with Crippen molar-refractivity contribution in [2.45, 2.75) is 0 Å². The molecule has 8 heteroatoms. The van der Waals surface area contributed by atoms with Crippen molar-refractivity contribution in [3.63, 3.8) is 0 Å². The number of ketones is 1. The van der Waals surface area contributed by atoms with Gasteiger partial charge in [-0.3, -0.25) is 9.52 Å². The Morgan fingerprint density at radius 1 is 1.08 bits per heavy atom. The van der Waals surface area contributed by atoms with Gasteiger partial charge in [0.05, 0.1) is 6.26 Å². The number of anilines is 1. The molecule has 0 radical (unpaired) electrons. The molecule has 0 atom stereocenters. The highest BCUT2D eigenvalue weighted by atomic mass is 32.2. The van der Waals surface area contributed by atoms with Gasteiger partial charge in [-0.1, -0.05) is 0 Å². The molecule has 128 valence electrons. The fourth-order valence-electron chi connectivity index (χ4n) is 2.31. The fraction of sp³-hybridized carbons (Fsp3) is 0.0588. The molecule has 6 nitrogen and oxygen atoms in total. The second-order valence-electron chi connectivity index (χ2n) is 5.41.